The molecule has 100 valence electrons. The van der Waals surface area contributed by atoms with Crippen molar-refractivity contribution in [1.82, 2.24) is 4.57 Å². The van der Waals surface area contributed by atoms with Gasteiger partial charge in [0, 0.05) is 24.7 Å². The van der Waals surface area contributed by atoms with E-state index in [1.165, 1.54) is 6.21 Å². The number of aromatic hydroxyl groups is 1. The molecule has 0 aliphatic heterocycles. The van der Waals surface area contributed by atoms with Crippen molar-refractivity contribution in [2.45, 2.75) is 26.8 Å². The van der Waals surface area contributed by atoms with E-state index in [1.807, 2.05) is 38.1 Å². The summed E-state index contributed by atoms with van der Waals surface area (Å²) in [7, 11) is 0. The fraction of sp³-hybridized carbons (Fsp3) is 0.333. The molecular formula is C15H18N2O2. The van der Waals surface area contributed by atoms with Crippen LogP contribution >= 0.6 is 0 Å². The summed E-state index contributed by atoms with van der Waals surface area (Å²) < 4.78 is 1.66. The zero-order valence-corrected chi connectivity index (χ0v) is 11.3. The van der Waals surface area contributed by atoms with Crippen molar-refractivity contribution in [3.8, 4) is 5.75 Å². The summed E-state index contributed by atoms with van der Waals surface area (Å²) in [6, 6.07) is 7.36. The SMILES string of the molecule is CCCN=Cc1c(O)c2ccccc2n(CC)c1=O. The highest BCUT2D eigenvalue weighted by molar-refractivity contribution is 5.94. The van der Waals surface area contributed by atoms with Crippen LogP contribution in [0.1, 0.15) is 25.8 Å². The molecule has 4 nitrogen and oxygen atoms in total. The molecule has 1 N–H and O–H groups in total. The molecule has 0 atom stereocenters. The standard InChI is InChI=1S/C15H18N2O2/c1-3-9-16-10-12-14(18)11-7-5-6-8-13(11)17(4-2)15(12)19/h5-8,10,18H,3-4,9H2,1-2H3. The Hall–Kier alpha value is -2.10. The minimum absolute atomic E-state index is 0.0187. The molecule has 0 radical (unpaired) electrons. The quantitative estimate of drug-likeness (QED) is 0.857. The number of benzene rings is 1. The van der Waals surface area contributed by atoms with E-state index in [-0.39, 0.29) is 16.9 Å². The zero-order valence-electron chi connectivity index (χ0n) is 11.3. The summed E-state index contributed by atoms with van der Waals surface area (Å²) >= 11 is 0. The molecule has 0 amide bonds. The third-order valence-corrected chi connectivity index (χ3v) is 3.07. The Bertz CT molecular complexity index is 672. The lowest BCUT2D eigenvalue weighted by molar-refractivity contribution is 0.478. The molecule has 19 heavy (non-hydrogen) atoms. The molecule has 1 aromatic carbocycles. The first-order valence-electron chi connectivity index (χ1n) is 6.55. The Balaban J connectivity index is 2.74. The van der Waals surface area contributed by atoms with Crippen molar-refractivity contribution in [1.29, 1.82) is 0 Å². The lowest BCUT2D eigenvalue weighted by atomic mass is 10.1. The molecule has 4 heteroatoms. The van der Waals surface area contributed by atoms with Gasteiger partial charge in [-0.2, -0.15) is 0 Å². The summed E-state index contributed by atoms with van der Waals surface area (Å²) in [5.74, 6) is 0.0187. The number of fused-ring (bicyclic) bond motifs is 1. The van der Waals surface area contributed by atoms with Crippen LogP contribution in [0.4, 0.5) is 0 Å². The van der Waals surface area contributed by atoms with Crippen LogP contribution < -0.4 is 5.56 Å². The molecule has 0 bridgehead atoms. The van der Waals surface area contributed by atoms with E-state index in [9.17, 15) is 9.90 Å². The van der Waals surface area contributed by atoms with E-state index in [1.54, 1.807) is 4.57 Å². The Morgan fingerprint density at radius 2 is 2.05 bits per heavy atom. The molecule has 0 aliphatic carbocycles. The van der Waals surface area contributed by atoms with E-state index >= 15 is 0 Å². The van der Waals surface area contributed by atoms with E-state index in [2.05, 4.69) is 4.99 Å². The smallest absolute Gasteiger partial charge is 0.263 e. The van der Waals surface area contributed by atoms with Gasteiger partial charge in [0.05, 0.1) is 5.52 Å². The summed E-state index contributed by atoms with van der Waals surface area (Å²) in [6.07, 6.45) is 2.40. The molecule has 0 aliphatic rings. The number of hydrogen-bond donors (Lipinski definition) is 1. The lowest BCUT2D eigenvalue weighted by Crippen LogP contribution is -2.23. The molecule has 0 saturated heterocycles. The van der Waals surface area contributed by atoms with Crippen LogP contribution in [0.3, 0.4) is 0 Å². The van der Waals surface area contributed by atoms with Crippen molar-refractivity contribution in [3.05, 3.63) is 40.2 Å². The Morgan fingerprint density at radius 3 is 2.74 bits per heavy atom. The van der Waals surface area contributed by atoms with Gasteiger partial charge in [-0.3, -0.25) is 9.79 Å². The second-order valence-corrected chi connectivity index (χ2v) is 4.36. The zero-order chi connectivity index (χ0) is 13.8. The van der Waals surface area contributed by atoms with Gasteiger partial charge in [-0.15, -0.1) is 0 Å². The van der Waals surface area contributed by atoms with Crippen LogP contribution in [0.15, 0.2) is 34.1 Å². The maximum Gasteiger partial charge on any atom is 0.263 e. The molecule has 1 heterocycles. The van der Waals surface area contributed by atoms with Gasteiger partial charge in [0.2, 0.25) is 0 Å². The third kappa shape index (κ3) is 2.38. The molecule has 0 saturated carbocycles. The maximum absolute atomic E-state index is 12.3. The van der Waals surface area contributed by atoms with Crippen LogP contribution in [-0.4, -0.2) is 22.4 Å². The van der Waals surface area contributed by atoms with E-state index in [0.717, 1.165) is 11.9 Å². The lowest BCUT2D eigenvalue weighted by Gasteiger charge is -2.11. The molecule has 2 rings (SSSR count). The molecule has 2 aromatic rings. The first-order valence-corrected chi connectivity index (χ1v) is 6.55. The predicted octanol–water partition coefficient (Wildman–Crippen LogP) is 2.56. The highest BCUT2D eigenvalue weighted by Crippen LogP contribution is 2.25. The van der Waals surface area contributed by atoms with E-state index in [4.69, 9.17) is 0 Å². The van der Waals surface area contributed by atoms with Crippen molar-refractivity contribution < 1.29 is 5.11 Å². The number of hydrogen-bond acceptors (Lipinski definition) is 3. The van der Waals surface area contributed by atoms with Crippen molar-refractivity contribution >= 4 is 17.1 Å². The summed E-state index contributed by atoms with van der Waals surface area (Å²) in [5.41, 5.74) is 0.827. The minimum atomic E-state index is -0.196. The molecular weight excluding hydrogens is 240 g/mol. The van der Waals surface area contributed by atoms with Crippen LogP contribution in [0.2, 0.25) is 0 Å². The number of para-hydroxylation sites is 1. The van der Waals surface area contributed by atoms with E-state index < -0.39 is 0 Å². The molecule has 0 spiro atoms. The topological polar surface area (TPSA) is 54.6 Å². The minimum Gasteiger partial charge on any atom is -0.506 e. The van der Waals surface area contributed by atoms with Crippen molar-refractivity contribution in [2.24, 2.45) is 4.99 Å². The predicted molar refractivity (Wildman–Crippen MR) is 78.3 cm³/mol. The number of nitrogens with zero attached hydrogens (tertiary/aromatic N) is 2. The largest absolute Gasteiger partial charge is 0.506 e. The highest BCUT2D eigenvalue weighted by atomic mass is 16.3. The number of rotatable bonds is 4. The van der Waals surface area contributed by atoms with Crippen LogP contribution in [0, 0.1) is 0 Å². The third-order valence-electron chi connectivity index (χ3n) is 3.07. The van der Waals surface area contributed by atoms with Crippen LogP contribution in [0.5, 0.6) is 5.75 Å². The maximum atomic E-state index is 12.3. The monoisotopic (exact) mass is 258 g/mol. The first kappa shape index (κ1) is 13.3. The Labute approximate surface area is 112 Å². The Morgan fingerprint density at radius 1 is 1.32 bits per heavy atom. The summed E-state index contributed by atoms with van der Waals surface area (Å²) in [5, 5.41) is 10.9. The van der Waals surface area contributed by atoms with Gasteiger partial charge in [0.25, 0.3) is 5.56 Å². The second-order valence-electron chi connectivity index (χ2n) is 4.36. The summed E-state index contributed by atoms with van der Waals surface area (Å²) in [4.78, 5) is 16.5. The van der Waals surface area contributed by atoms with Crippen LogP contribution in [0.25, 0.3) is 10.9 Å². The van der Waals surface area contributed by atoms with Gasteiger partial charge in [-0.1, -0.05) is 19.1 Å². The average molecular weight is 258 g/mol. The number of aryl methyl sites for hydroxylation is 1. The molecule has 0 fully saturated rings. The highest BCUT2D eigenvalue weighted by Gasteiger charge is 2.13. The number of aliphatic imine (C=N–C) groups is 1. The van der Waals surface area contributed by atoms with Crippen LogP contribution in [-0.2, 0) is 6.54 Å². The second kappa shape index (κ2) is 5.69. The fourth-order valence-corrected chi connectivity index (χ4v) is 2.13. The van der Waals surface area contributed by atoms with Crippen molar-refractivity contribution in [2.75, 3.05) is 6.54 Å². The van der Waals surface area contributed by atoms with E-state index in [0.29, 0.717) is 18.5 Å². The van der Waals surface area contributed by atoms with Gasteiger partial charge in [-0.25, -0.2) is 0 Å². The number of aromatic nitrogens is 1. The van der Waals surface area contributed by atoms with Crippen molar-refractivity contribution in [3.63, 3.8) is 0 Å². The summed E-state index contributed by atoms with van der Waals surface area (Å²) in [6.45, 7) is 5.14. The number of pyridine rings is 1. The fourth-order valence-electron chi connectivity index (χ4n) is 2.13. The normalized spacial score (nSPS) is 11.5. The average Bonchev–Trinajstić information content (AvgIpc) is 2.43. The van der Waals surface area contributed by atoms with Gasteiger partial charge in [0.1, 0.15) is 11.3 Å². The molecule has 1 aromatic heterocycles. The first-order chi connectivity index (χ1) is 9.20. The van der Waals surface area contributed by atoms with Gasteiger partial charge < -0.3 is 9.67 Å². The van der Waals surface area contributed by atoms with Gasteiger partial charge >= 0.3 is 0 Å². The van der Waals surface area contributed by atoms with Gasteiger partial charge in [-0.05, 0) is 25.5 Å². The van der Waals surface area contributed by atoms with Gasteiger partial charge in [0.15, 0.2) is 0 Å². The Kier molecular flexibility index (Phi) is 4.00. The molecule has 0 unspecified atom stereocenters.